The molecule has 1 atom stereocenters. The molecule has 2 N–H and O–H groups in total. The van der Waals surface area contributed by atoms with Crippen molar-refractivity contribution in [3.8, 4) is 0 Å². The molecule has 0 aliphatic rings. The number of para-hydroxylation sites is 2. The zero-order chi connectivity index (χ0) is 24.9. The van der Waals surface area contributed by atoms with Gasteiger partial charge in [0.1, 0.15) is 5.82 Å². The Hall–Kier alpha value is -2.96. The highest BCUT2D eigenvalue weighted by Crippen LogP contribution is 2.34. The third-order valence-corrected chi connectivity index (χ3v) is 7.63. The van der Waals surface area contributed by atoms with Gasteiger partial charge in [-0.1, -0.05) is 70.2 Å². The van der Waals surface area contributed by atoms with E-state index >= 15 is 0 Å². The summed E-state index contributed by atoms with van der Waals surface area (Å²) in [5, 5.41) is 2.00. The third-order valence-electron chi connectivity index (χ3n) is 6.40. The third kappa shape index (κ3) is 5.49. The zero-order valence-electron chi connectivity index (χ0n) is 21.1. The molecular formula is C29H36N4OS. The molecular weight excluding hydrogens is 452 g/mol. The molecule has 1 amide bonds. The van der Waals surface area contributed by atoms with Crippen molar-refractivity contribution >= 4 is 28.3 Å². The quantitative estimate of drug-likeness (QED) is 0.279. The van der Waals surface area contributed by atoms with E-state index < -0.39 is 0 Å². The van der Waals surface area contributed by atoms with Crippen molar-refractivity contribution in [3.05, 3.63) is 87.9 Å². The molecule has 0 aliphatic heterocycles. The van der Waals surface area contributed by atoms with E-state index in [9.17, 15) is 4.79 Å². The molecule has 35 heavy (non-hydrogen) atoms. The predicted molar refractivity (Wildman–Crippen MR) is 146 cm³/mol. The molecule has 5 nitrogen and oxygen atoms in total. The lowest BCUT2D eigenvalue weighted by Gasteiger charge is -2.34. The molecule has 0 radical (unpaired) electrons. The number of carbonyl (C=O) groups excluding carboxylic acids is 1. The van der Waals surface area contributed by atoms with Crippen LogP contribution in [-0.4, -0.2) is 33.4 Å². The van der Waals surface area contributed by atoms with Crippen molar-refractivity contribution in [2.75, 3.05) is 13.1 Å². The summed E-state index contributed by atoms with van der Waals surface area (Å²) in [6, 6.07) is 20.6. The minimum absolute atomic E-state index is 0.0543. The first kappa shape index (κ1) is 25.1. The van der Waals surface area contributed by atoms with Crippen LogP contribution in [0.15, 0.2) is 66.0 Å². The number of imidazole rings is 1. The van der Waals surface area contributed by atoms with Crippen molar-refractivity contribution in [2.24, 2.45) is 11.7 Å². The SMILES string of the molecule is CC(C)c1cc(C(=O)N(CCCN)[C@@H](c2nc3ccccc3n2Cc2ccccc2)C(C)C)cs1. The van der Waals surface area contributed by atoms with Gasteiger partial charge >= 0.3 is 0 Å². The second-order valence-electron chi connectivity index (χ2n) is 9.75. The van der Waals surface area contributed by atoms with Gasteiger partial charge in [0.05, 0.1) is 22.6 Å². The molecule has 2 heterocycles. The lowest BCUT2D eigenvalue weighted by atomic mass is 9.99. The van der Waals surface area contributed by atoms with Gasteiger partial charge in [-0.05, 0) is 48.6 Å². The van der Waals surface area contributed by atoms with Crippen LogP contribution < -0.4 is 5.73 Å². The molecule has 4 rings (SSSR count). The standard InChI is InChI=1S/C29H36N4OS/c1-20(2)26-17-23(19-35-26)29(34)32(16-10-15-30)27(21(3)4)28-31-24-13-8-9-14-25(24)33(28)18-22-11-6-5-7-12-22/h5-9,11-14,17,19-21,27H,10,15-16,18,30H2,1-4H3/t27-/m1/s1. The molecule has 0 spiro atoms. The summed E-state index contributed by atoms with van der Waals surface area (Å²) in [5.74, 6) is 1.55. The number of carbonyl (C=O) groups is 1. The molecule has 0 fully saturated rings. The summed E-state index contributed by atoms with van der Waals surface area (Å²) in [6.07, 6.45) is 0.745. The normalized spacial score (nSPS) is 12.5. The summed E-state index contributed by atoms with van der Waals surface area (Å²) < 4.78 is 2.28. The van der Waals surface area contributed by atoms with Gasteiger partial charge in [-0.3, -0.25) is 4.79 Å². The molecule has 2 aromatic heterocycles. The van der Waals surface area contributed by atoms with Gasteiger partial charge in [-0.15, -0.1) is 11.3 Å². The first-order chi connectivity index (χ1) is 16.9. The summed E-state index contributed by atoms with van der Waals surface area (Å²) in [7, 11) is 0. The number of amides is 1. The number of hydrogen-bond acceptors (Lipinski definition) is 4. The maximum absolute atomic E-state index is 13.9. The van der Waals surface area contributed by atoms with Crippen LogP contribution in [0.25, 0.3) is 11.0 Å². The van der Waals surface area contributed by atoms with Gasteiger partial charge in [0.15, 0.2) is 0 Å². The van der Waals surface area contributed by atoms with Crippen LogP contribution in [0.5, 0.6) is 0 Å². The number of benzene rings is 2. The molecule has 4 aromatic rings. The van der Waals surface area contributed by atoms with E-state index in [0.29, 0.717) is 25.6 Å². The topological polar surface area (TPSA) is 64.2 Å². The smallest absolute Gasteiger partial charge is 0.255 e. The summed E-state index contributed by atoms with van der Waals surface area (Å²) in [6.45, 7) is 10.5. The number of fused-ring (bicyclic) bond motifs is 1. The Morgan fingerprint density at radius 3 is 2.43 bits per heavy atom. The van der Waals surface area contributed by atoms with Crippen LogP contribution in [0.2, 0.25) is 0 Å². The molecule has 0 saturated heterocycles. The Morgan fingerprint density at radius 2 is 1.77 bits per heavy atom. The average Bonchev–Trinajstić information content (AvgIpc) is 3.48. The second kappa shape index (κ2) is 11.2. The lowest BCUT2D eigenvalue weighted by Crippen LogP contribution is -2.40. The maximum atomic E-state index is 13.9. The molecule has 6 heteroatoms. The summed E-state index contributed by atoms with van der Waals surface area (Å²) in [4.78, 5) is 22.3. The van der Waals surface area contributed by atoms with Gasteiger partial charge < -0.3 is 15.2 Å². The number of nitrogens with two attached hydrogens (primary N) is 1. The second-order valence-corrected chi connectivity index (χ2v) is 10.7. The van der Waals surface area contributed by atoms with Crippen LogP contribution in [0, 0.1) is 5.92 Å². The van der Waals surface area contributed by atoms with E-state index in [0.717, 1.165) is 28.8 Å². The Bertz CT molecular complexity index is 1260. The van der Waals surface area contributed by atoms with Crippen LogP contribution in [0.1, 0.15) is 72.7 Å². The van der Waals surface area contributed by atoms with Crippen molar-refractivity contribution in [3.63, 3.8) is 0 Å². The largest absolute Gasteiger partial charge is 0.330 e. The Balaban J connectivity index is 1.82. The van der Waals surface area contributed by atoms with Crippen LogP contribution >= 0.6 is 11.3 Å². The summed E-state index contributed by atoms with van der Waals surface area (Å²) in [5.41, 5.74) is 9.91. The Kier molecular flexibility index (Phi) is 8.04. The molecule has 0 saturated carbocycles. The van der Waals surface area contributed by atoms with Crippen molar-refractivity contribution in [2.45, 2.75) is 52.6 Å². The monoisotopic (exact) mass is 488 g/mol. The predicted octanol–water partition coefficient (Wildman–Crippen LogP) is 6.46. The molecule has 184 valence electrons. The fourth-order valence-electron chi connectivity index (χ4n) is 4.61. The number of hydrogen-bond donors (Lipinski definition) is 1. The van der Waals surface area contributed by atoms with E-state index in [1.165, 1.54) is 10.4 Å². The fourth-order valence-corrected chi connectivity index (χ4v) is 5.51. The average molecular weight is 489 g/mol. The number of thiophene rings is 1. The number of nitrogens with zero attached hydrogens (tertiary/aromatic N) is 3. The fraction of sp³-hybridized carbons (Fsp3) is 0.379. The van der Waals surface area contributed by atoms with Crippen LogP contribution in [-0.2, 0) is 6.54 Å². The van der Waals surface area contributed by atoms with E-state index in [-0.39, 0.29) is 17.9 Å². The Labute approximate surface area is 212 Å². The van der Waals surface area contributed by atoms with Crippen molar-refractivity contribution in [1.82, 2.24) is 14.5 Å². The molecule has 0 unspecified atom stereocenters. The van der Waals surface area contributed by atoms with E-state index in [1.807, 2.05) is 22.4 Å². The maximum Gasteiger partial charge on any atom is 0.255 e. The molecule has 2 aromatic carbocycles. The molecule has 0 aliphatic carbocycles. The van der Waals surface area contributed by atoms with E-state index in [2.05, 4.69) is 80.8 Å². The van der Waals surface area contributed by atoms with E-state index in [4.69, 9.17) is 10.7 Å². The highest BCUT2D eigenvalue weighted by atomic mass is 32.1. The first-order valence-corrected chi connectivity index (χ1v) is 13.4. The van der Waals surface area contributed by atoms with Gasteiger partial charge in [0.25, 0.3) is 5.91 Å². The van der Waals surface area contributed by atoms with Crippen molar-refractivity contribution in [1.29, 1.82) is 0 Å². The van der Waals surface area contributed by atoms with Gasteiger partial charge in [-0.2, -0.15) is 0 Å². The highest BCUT2D eigenvalue weighted by Gasteiger charge is 2.33. The Morgan fingerprint density at radius 1 is 1.06 bits per heavy atom. The zero-order valence-corrected chi connectivity index (χ0v) is 22.0. The molecule has 0 bridgehead atoms. The van der Waals surface area contributed by atoms with Crippen LogP contribution in [0.3, 0.4) is 0 Å². The summed E-state index contributed by atoms with van der Waals surface area (Å²) >= 11 is 1.66. The van der Waals surface area contributed by atoms with Gasteiger partial charge in [-0.25, -0.2) is 4.98 Å². The van der Waals surface area contributed by atoms with Crippen molar-refractivity contribution < 1.29 is 4.79 Å². The minimum atomic E-state index is -0.174. The van der Waals surface area contributed by atoms with E-state index in [1.54, 1.807) is 11.3 Å². The highest BCUT2D eigenvalue weighted by molar-refractivity contribution is 7.10. The van der Waals surface area contributed by atoms with Gasteiger partial charge in [0, 0.05) is 23.3 Å². The van der Waals surface area contributed by atoms with Crippen LogP contribution in [0.4, 0.5) is 0 Å². The van der Waals surface area contributed by atoms with Gasteiger partial charge in [0.2, 0.25) is 0 Å². The first-order valence-electron chi connectivity index (χ1n) is 12.5. The lowest BCUT2D eigenvalue weighted by molar-refractivity contribution is 0.0605. The minimum Gasteiger partial charge on any atom is -0.330 e. The number of aromatic nitrogens is 2. The number of rotatable bonds is 10.